The molecule has 0 radical (unpaired) electrons. The van der Waals surface area contributed by atoms with Crippen molar-refractivity contribution in [2.75, 3.05) is 6.54 Å². The van der Waals surface area contributed by atoms with Crippen molar-refractivity contribution >= 4 is 33.4 Å². The van der Waals surface area contributed by atoms with Gasteiger partial charge in [0.2, 0.25) is 0 Å². The molecule has 0 saturated carbocycles. The largest absolute Gasteiger partial charge is 0.392 e. The summed E-state index contributed by atoms with van der Waals surface area (Å²) in [5, 5.41) is 12.1. The zero-order chi connectivity index (χ0) is 11.4. The van der Waals surface area contributed by atoms with Crippen molar-refractivity contribution in [1.82, 2.24) is 5.32 Å². The molecular weight excluding hydrogens is 281 g/mol. The van der Waals surface area contributed by atoms with Gasteiger partial charge in [-0.15, -0.1) is 0 Å². The predicted molar refractivity (Wildman–Crippen MR) is 63.2 cm³/mol. The van der Waals surface area contributed by atoms with Gasteiger partial charge in [0.05, 0.1) is 11.1 Å². The Morgan fingerprint density at radius 1 is 1.67 bits per heavy atom. The van der Waals surface area contributed by atoms with E-state index in [1.54, 1.807) is 25.1 Å². The van der Waals surface area contributed by atoms with E-state index in [1.165, 1.54) is 0 Å². The summed E-state index contributed by atoms with van der Waals surface area (Å²) in [6.07, 6.45) is -0.556. The van der Waals surface area contributed by atoms with E-state index in [-0.39, 0.29) is 12.5 Å². The van der Waals surface area contributed by atoms with E-state index < -0.39 is 6.10 Å². The standard InChI is InChI=1S/C10H11BrClNO2/c1-6(14)5-13-10(15)7-2-3-8(11)9(12)4-7/h2-4,6,14H,5H2,1H3,(H,13,15)/t6-/m1/s1. The molecule has 15 heavy (non-hydrogen) atoms. The first-order valence-electron chi connectivity index (χ1n) is 4.42. The van der Waals surface area contributed by atoms with Gasteiger partial charge in [-0.2, -0.15) is 0 Å². The molecule has 1 amide bonds. The van der Waals surface area contributed by atoms with Crippen LogP contribution in [0.3, 0.4) is 0 Å². The van der Waals surface area contributed by atoms with Crippen LogP contribution in [0.4, 0.5) is 0 Å². The molecule has 1 atom stereocenters. The van der Waals surface area contributed by atoms with Crippen molar-refractivity contribution in [2.45, 2.75) is 13.0 Å². The normalized spacial score (nSPS) is 12.3. The van der Waals surface area contributed by atoms with Gasteiger partial charge in [0.1, 0.15) is 0 Å². The molecule has 0 unspecified atom stereocenters. The summed E-state index contributed by atoms with van der Waals surface area (Å²) in [7, 11) is 0. The summed E-state index contributed by atoms with van der Waals surface area (Å²) in [6, 6.07) is 4.94. The molecule has 0 aliphatic heterocycles. The Morgan fingerprint density at radius 2 is 2.33 bits per heavy atom. The maximum absolute atomic E-state index is 11.5. The van der Waals surface area contributed by atoms with E-state index >= 15 is 0 Å². The van der Waals surface area contributed by atoms with Crippen LogP contribution in [0.15, 0.2) is 22.7 Å². The Labute approximate surface area is 102 Å². The number of aliphatic hydroxyl groups excluding tert-OH is 1. The third kappa shape index (κ3) is 3.81. The fourth-order valence-corrected chi connectivity index (χ4v) is 1.41. The van der Waals surface area contributed by atoms with Gasteiger partial charge in [-0.3, -0.25) is 4.79 Å². The number of benzene rings is 1. The predicted octanol–water partition coefficient (Wildman–Crippen LogP) is 2.21. The first-order valence-corrected chi connectivity index (χ1v) is 5.59. The maximum Gasteiger partial charge on any atom is 0.251 e. The van der Waals surface area contributed by atoms with Crippen LogP contribution < -0.4 is 5.32 Å². The lowest BCUT2D eigenvalue weighted by atomic mass is 10.2. The van der Waals surface area contributed by atoms with Gasteiger partial charge >= 0.3 is 0 Å². The van der Waals surface area contributed by atoms with Crippen LogP contribution in [0.1, 0.15) is 17.3 Å². The second-order valence-corrected chi connectivity index (χ2v) is 4.45. The zero-order valence-electron chi connectivity index (χ0n) is 8.13. The highest BCUT2D eigenvalue weighted by Crippen LogP contribution is 2.22. The molecule has 0 bridgehead atoms. The van der Waals surface area contributed by atoms with E-state index in [1.807, 2.05) is 0 Å². The first-order chi connectivity index (χ1) is 7.00. The number of hydrogen-bond donors (Lipinski definition) is 2. The van der Waals surface area contributed by atoms with Crippen LogP contribution in [0, 0.1) is 0 Å². The van der Waals surface area contributed by atoms with Gasteiger partial charge in [-0.1, -0.05) is 11.6 Å². The van der Waals surface area contributed by atoms with Gasteiger partial charge < -0.3 is 10.4 Å². The zero-order valence-corrected chi connectivity index (χ0v) is 10.5. The molecule has 0 fully saturated rings. The van der Waals surface area contributed by atoms with Gasteiger partial charge in [0.15, 0.2) is 0 Å². The highest BCUT2D eigenvalue weighted by atomic mass is 79.9. The molecule has 0 heterocycles. The van der Waals surface area contributed by atoms with Gasteiger partial charge in [-0.05, 0) is 41.1 Å². The van der Waals surface area contributed by atoms with Gasteiger partial charge in [-0.25, -0.2) is 0 Å². The van der Waals surface area contributed by atoms with E-state index in [9.17, 15) is 4.79 Å². The Kier molecular flexibility index (Phi) is 4.57. The molecule has 1 aromatic carbocycles. The van der Waals surface area contributed by atoms with Crippen LogP contribution >= 0.6 is 27.5 Å². The summed E-state index contributed by atoms with van der Waals surface area (Å²) in [4.78, 5) is 11.5. The van der Waals surface area contributed by atoms with Crippen LogP contribution in [0.5, 0.6) is 0 Å². The Balaban J connectivity index is 2.70. The third-order valence-corrected chi connectivity index (χ3v) is 2.97. The number of carbonyl (C=O) groups is 1. The average molecular weight is 293 g/mol. The van der Waals surface area contributed by atoms with Crippen molar-refractivity contribution < 1.29 is 9.90 Å². The lowest BCUT2D eigenvalue weighted by Gasteiger charge is -2.07. The molecule has 0 aliphatic rings. The van der Waals surface area contributed by atoms with Crippen molar-refractivity contribution in [3.63, 3.8) is 0 Å². The monoisotopic (exact) mass is 291 g/mol. The van der Waals surface area contributed by atoms with Crippen LogP contribution in [-0.2, 0) is 0 Å². The molecule has 2 N–H and O–H groups in total. The molecule has 0 aromatic heterocycles. The highest BCUT2D eigenvalue weighted by Gasteiger charge is 2.08. The van der Waals surface area contributed by atoms with Gasteiger partial charge in [0, 0.05) is 16.6 Å². The van der Waals surface area contributed by atoms with E-state index in [4.69, 9.17) is 16.7 Å². The fourth-order valence-electron chi connectivity index (χ4n) is 0.980. The Morgan fingerprint density at radius 3 is 2.87 bits per heavy atom. The molecule has 5 heteroatoms. The lowest BCUT2D eigenvalue weighted by molar-refractivity contribution is 0.0924. The van der Waals surface area contributed by atoms with Gasteiger partial charge in [0.25, 0.3) is 5.91 Å². The Bertz CT molecular complexity index is 368. The summed E-state index contributed by atoms with van der Waals surface area (Å²) >= 11 is 9.08. The minimum atomic E-state index is -0.556. The third-order valence-electron chi connectivity index (χ3n) is 1.74. The molecule has 3 nitrogen and oxygen atoms in total. The lowest BCUT2D eigenvalue weighted by Crippen LogP contribution is -2.30. The van der Waals surface area contributed by atoms with Crippen LogP contribution in [0.25, 0.3) is 0 Å². The van der Waals surface area contributed by atoms with Crippen molar-refractivity contribution in [3.05, 3.63) is 33.3 Å². The summed E-state index contributed by atoms with van der Waals surface area (Å²) < 4.78 is 0.747. The minimum absolute atomic E-state index is 0.229. The topological polar surface area (TPSA) is 49.3 Å². The van der Waals surface area contributed by atoms with E-state index in [2.05, 4.69) is 21.2 Å². The van der Waals surface area contributed by atoms with E-state index in [0.29, 0.717) is 10.6 Å². The molecule has 0 aliphatic carbocycles. The summed E-state index contributed by atoms with van der Waals surface area (Å²) in [5.41, 5.74) is 0.476. The first kappa shape index (κ1) is 12.5. The molecular formula is C10H11BrClNO2. The maximum atomic E-state index is 11.5. The molecule has 0 saturated heterocycles. The number of rotatable bonds is 3. The second-order valence-electron chi connectivity index (χ2n) is 3.19. The smallest absolute Gasteiger partial charge is 0.251 e. The number of halogens is 2. The molecule has 1 aromatic rings. The molecule has 0 spiro atoms. The number of carbonyl (C=O) groups excluding carboxylic acids is 1. The fraction of sp³-hybridized carbons (Fsp3) is 0.300. The van der Waals surface area contributed by atoms with Crippen molar-refractivity contribution in [1.29, 1.82) is 0 Å². The minimum Gasteiger partial charge on any atom is -0.392 e. The molecule has 1 rings (SSSR count). The Hall–Kier alpha value is -0.580. The molecule has 82 valence electrons. The number of aliphatic hydroxyl groups is 1. The highest BCUT2D eigenvalue weighted by molar-refractivity contribution is 9.10. The number of hydrogen-bond acceptors (Lipinski definition) is 2. The van der Waals surface area contributed by atoms with Crippen LogP contribution in [-0.4, -0.2) is 23.7 Å². The van der Waals surface area contributed by atoms with Crippen LogP contribution in [0.2, 0.25) is 5.02 Å². The summed E-state index contributed by atoms with van der Waals surface area (Å²) in [5.74, 6) is -0.245. The second kappa shape index (κ2) is 5.49. The number of nitrogens with one attached hydrogen (secondary N) is 1. The van der Waals surface area contributed by atoms with Crippen molar-refractivity contribution in [2.24, 2.45) is 0 Å². The van der Waals surface area contributed by atoms with E-state index in [0.717, 1.165) is 4.47 Å². The van der Waals surface area contributed by atoms with Crippen molar-refractivity contribution in [3.8, 4) is 0 Å². The quantitative estimate of drug-likeness (QED) is 0.897. The SMILES string of the molecule is C[C@@H](O)CNC(=O)c1ccc(Br)c(Cl)c1. The average Bonchev–Trinajstić information content (AvgIpc) is 2.18. The number of amides is 1. The summed E-state index contributed by atoms with van der Waals surface area (Å²) in [6.45, 7) is 1.83.